The van der Waals surface area contributed by atoms with Gasteiger partial charge in [-0.15, -0.1) is 0 Å². The lowest BCUT2D eigenvalue weighted by atomic mass is 9.86. The fourth-order valence-electron chi connectivity index (χ4n) is 4.52. The van der Waals surface area contributed by atoms with Crippen LogP contribution >= 0.6 is 0 Å². The lowest BCUT2D eigenvalue weighted by Gasteiger charge is -2.40. The molecule has 2 aromatic carbocycles. The highest BCUT2D eigenvalue weighted by atomic mass is 16.5. The molecule has 0 saturated carbocycles. The number of carbonyl (C=O) groups is 1. The molecule has 5 nitrogen and oxygen atoms in total. The SMILES string of the molecule is CCCC[C@H](CC)C(=O)N1CCc2cc(OC)c(OC)cc2[C@@H]1c1ccc(OC)cc1. The van der Waals surface area contributed by atoms with Gasteiger partial charge < -0.3 is 19.1 Å². The summed E-state index contributed by atoms with van der Waals surface area (Å²) in [5.74, 6) is 2.52. The smallest absolute Gasteiger partial charge is 0.226 e. The molecular weight excluding hydrogens is 390 g/mol. The van der Waals surface area contributed by atoms with Crippen molar-refractivity contribution in [3.63, 3.8) is 0 Å². The van der Waals surface area contributed by atoms with Crippen molar-refractivity contribution in [2.24, 2.45) is 5.92 Å². The molecule has 1 heterocycles. The lowest BCUT2D eigenvalue weighted by molar-refractivity contribution is -0.138. The number of carbonyl (C=O) groups excluding carboxylic acids is 1. The molecule has 0 aliphatic carbocycles. The van der Waals surface area contributed by atoms with E-state index in [1.165, 1.54) is 5.56 Å². The van der Waals surface area contributed by atoms with Crippen LogP contribution in [0.25, 0.3) is 0 Å². The van der Waals surface area contributed by atoms with Gasteiger partial charge in [0.15, 0.2) is 11.5 Å². The minimum atomic E-state index is -0.155. The second kappa shape index (κ2) is 10.6. The highest BCUT2D eigenvalue weighted by Crippen LogP contribution is 2.42. The Balaban J connectivity index is 2.08. The molecule has 1 aliphatic rings. The van der Waals surface area contributed by atoms with Gasteiger partial charge in [0.25, 0.3) is 0 Å². The first-order valence-corrected chi connectivity index (χ1v) is 11.3. The zero-order chi connectivity index (χ0) is 22.4. The van der Waals surface area contributed by atoms with Gasteiger partial charge >= 0.3 is 0 Å². The Bertz CT molecular complexity index is 878. The third kappa shape index (κ3) is 4.81. The summed E-state index contributed by atoms with van der Waals surface area (Å²) in [5.41, 5.74) is 3.38. The maximum atomic E-state index is 13.7. The van der Waals surface area contributed by atoms with E-state index >= 15 is 0 Å². The topological polar surface area (TPSA) is 48.0 Å². The van der Waals surface area contributed by atoms with Gasteiger partial charge in [-0.05, 0) is 60.2 Å². The largest absolute Gasteiger partial charge is 0.497 e. The molecule has 0 saturated heterocycles. The monoisotopic (exact) mass is 425 g/mol. The number of ether oxygens (including phenoxy) is 3. The first-order chi connectivity index (χ1) is 15.1. The summed E-state index contributed by atoms with van der Waals surface area (Å²) in [7, 11) is 4.97. The molecule has 0 spiro atoms. The second-order valence-corrected chi connectivity index (χ2v) is 8.11. The molecule has 0 aromatic heterocycles. The second-order valence-electron chi connectivity index (χ2n) is 8.11. The van der Waals surface area contributed by atoms with Crippen molar-refractivity contribution >= 4 is 5.91 Å². The van der Waals surface area contributed by atoms with Gasteiger partial charge in [-0.3, -0.25) is 4.79 Å². The highest BCUT2D eigenvalue weighted by Gasteiger charge is 2.35. The van der Waals surface area contributed by atoms with Gasteiger partial charge in [0.1, 0.15) is 5.75 Å². The molecule has 1 aliphatic heterocycles. The summed E-state index contributed by atoms with van der Waals surface area (Å²) in [6.45, 7) is 4.99. The van der Waals surface area contributed by atoms with Crippen molar-refractivity contribution < 1.29 is 19.0 Å². The van der Waals surface area contributed by atoms with E-state index in [0.717, 1.165) is 54.7 Å². The molecule has 2 atom stereocenters. The number of nitrogens with zero attached hydrogens (tertiary/aromatic N) is 1. The minimum absolute atomic E-state index is 0.0578. The van der Waals surface area contributed by atoms with Gasteiger partial charge in [-0.25, -0.2) is 0 Å². The standard InChI is InChI=1S/C26H35NO4/c1-6-8-9-18(7-2)26(28)27-15-14-20-16-23(30-4)24(31-5)17-22(20)25(27)19-10-12-21(29-3)13-11-19/h10-13,16-18,25H,6-9,14-15H2,1-5H3/t18-,25-/m0/s1. The first kappa shape index (κ1) is 23.0. The van der Waals surface area contributed by atoms with Gasteiger partial charge in [0.2, 0.25) is 5.91 Å². The molecular formula is C26H35NO4. The zero-order valence-electron chi connectivity index (χ0n) is 19.4. The molecule has 0 unspecified atom stereocenters. The Morgan fingerprint density at radius 3 is 2.29 bits per heavy atom. The third-order valence-corrected chi connectivity index (χ3v) is 6.34. The highest BCUT2D eigenvalue weighted by molar-refractivity contribution is 5.80. The summed E-state index contributed by atoms with van der Waals surface area (Å²) < 4.78 is 16.5. The average Bonchev–Trinajstić information content (AvgIpc) is 2.82. The molecule has 3 rings (SSSR count). The Kier molecular flexibility index (Phi) is 7.83. The third-order valence-electron chi connectivity index (χ3n) is 6.34. The molecule has 0 N–H and O–H groups in total. The quantitative estimate of drug-likeness (QED) is 0.539. The van der Waals surface area contributed by atoms with Gasteiger partial charge in [-0.1, -0.05) is 38.8 Å². The van der Waals surface area contributed by atoms with Gasteiger partial charge in [-0.2, -0.15) is 0 Å². The molecule has 0 fully saturated rings. The van der Waals surface area contributed by atoms with Crippen LogP contribution in [0.2, 0.25) is 0 Å². The fourth-order valence-corrected chi connectivity index (χ4v) is 4.52. The molecule has 0 bridgehead atoms. The summed E-state index contributed by atoms with van der Waals surface area (Å²) in [6.07, 6.45) is 4.79. The lowest BCUT2D eigenvalue weighted by Crippen LogP contribution is -2.43. The van der Waals surface area contributed by atoms with Crippen molar-refractivity contribution in [3.8, 4) is 17.2 Å². The van der Waals surface area contributed by atoms with Crippen LogP contribution in [-0.4, -0.2) is 38.7 Å². The summed E-state index contributed by atoms with van der Waals surface area (Å²) in [6, 6.07) is 12.0. The van der Waals surface area contributed by atoms with E-state index < -0.39 is 0 Å². The summed E-state index contributed by atoms with van der Waals surface area (Å²) >= 11 is 0. The number of hydrogen-bond acceptors (Lipinski definition) is 4. The number of unbranched alkanes of at least 4 members (excludes halogenated alkanes) is 1. The minimum Gasteiger partial charge on any atom is -0.497 e. The van der Waals surface area contributed by atoms with Crippen molar-refractivity contribution in [2.45, 2.75) is 52.0 Å². The Labute approximate surface area is 186 Å². The molecule has 5 heteroatoms. The van der Waals surface area contributed by atoms with E-state index in [9.17, 15) is 4.79 Å². The number of benzene rings is 2. The van der Waals surface area contributed by atoms with Crippen molar-refractivity contribution in [2.75, 3.05) is 27.9 Å². The van der Waals surface area contributed by atoms with Crippen LogP contribution in [0.5, 0.6) is 17.2 Å². The van der Waals surface area contributed by atoms with E-state index in [1.54, 1.807) is 21.3 Å². The van der Waals surface area contributed by atoms with Crippen molar-refractivity contribution in [1.82, 2.24) is 4.90 Å². The van der Waals surface area contributed by atoms with Crippen molar-refractivity contribution in [3.05, 3.63) is 53.1 Å². The maximum Gasteiger partial charge on any atom is 0.226 e. The summed E-state index contributed by atoms with van der Waals surface area (Å²) in [4.78, 5) is 15.7. The Morgan fingerprint density at radius 1 is 1.03 bits per heavy atom. The molecule has 168 valence electrons. The number of methoxy groups -OCH3 is 3. The Hall–Kier alpha value is -2.69. The van der Waals surface area contributed by atoms with Crippen molar-refractivity contribution in [1.29, 1.82) is 0 Å². The molecule has 1 amide bonds. The van der Waals surface area contributed by atoms with E-state index in [0.29, 0.717) is 12.3 Å². The summed E-state index contributed by atoms with van der Waals surface area (Å²) in [5, 5.41) is 0. The van der Waals surface area contributed by atoms with Gasteiger partial charge in [0.05, 0.1) is 27.4 Å². The predicted octanol–water partition coefficient (Wildman–Crippen LogP) is 5.40. The number of rotatable bonds is 9. The van der Waals surface area contributed by atoms with E-state index in [2.05, 4.69) is 36.9 Å². The van der Waals surface area contributed by atoms with Crippen LogP contribution in [0.1, 0.15) is 62.3 Å². The molecule has 0 radical (unpaired) electrons. The van der Waals surface area contributed by atoms with Crippen LogP contribution in [0.15, 0.2) is 36.4 Å². The molecule has 31 heavy (non-hydrogen) atoms. The van der Waals surface area contributed by atoms with E-state index in [-0.39, 0.29) is 17.9 Å². The van der Waals surface area contributed by atoms with Gasteiger partial charge in [0, 0.05) is 12.5 Å². The van der Waals surface area contributed by atoms with E-state index in [1.807, 2.05) is 18.2 Å². The van der Waals surface area contributed by atoms with Crippen LogP contribution in [0.3, 0.4) is 0 Å². The fraction of sp³-hybridized carbons (Fsp3) is 0.500. The van der Waals surface area contributed by atoms with E-state index in [4.69, 9.17) is 14.2 Å². The normalized spacial score (nSPS) is 16.4. The average molecular weight is 426 g/mol. The van der Waals surface area contributed by atoms with Crippen LogP contribution < -0.4 is 14.2 Å². The predicted molar refractivity (Wildman–Crippen MR) is 123 cm³/mol. The van der Waals surface area contributed by atoms with Crippen LogP contribution in [0.4, 0.5) is 0 Å². The zero-order valence-corrected chi connectivity index (χ0v) is 19.4. The maximum absolute atomic E-state index is 13.7. The van der Waals surface area contributed by atoms with Crippen LogP contribution in [-0.2, 0) is 11.2 Å². The first-order valence-electron chi connectivity index (χ1n) is 11.3. The number of amides is 1. The van der Waals surface area contributed by atoms with Crippen LogP contribution in [0, 0.1) is 5.92 Å². The Morgan fingerprint density at radius 2 is 1.71 bits per heavy atom. The number of fused-ring (bicyclic) bond motifs is 1. The molecule has 2 aromatic rings. The number of hydrogen-bond donors (Lipinski definition) is 0.